The highest BCUT2D eigenvalue weighted by atomic mass is 16.3. The van der Waals surface area contributed by atoms with Crippen LogP contribution < -0.4 is 0 Å². The predicted molar refractivity (Wildman–Crippen MR) is 228 cm³/mol. The molecular formula is C51H34N4O. The van der Waals surface area contributed by atoms with Gasteiger partial charge in [0.15, 0.2) is 17.5 Å². The molecule has 264 valence electrons. The first kappa shape index (κ1) is 32.1. The number of para-hydroxylation sites is 1. The van der Waals surface area contributed by atoms with E-state index >= 15 is 0 Å². The Hall–Kier alpha value is -7.37. The lowest BCUT2D eigenvalue weighted by molar-refractivity contribution is 0.669. The second-order valence-electron chi connectivity index (χ2n) is 14.3. The number of nitrogens with zero attached hydrogens (tertiary/aromatic N) is 4. The van der Waals surface area contributed by atoms with Crippen molar-refractivity contribution >= 4 is 38.9 Å². The van der Waals surface area contributed by atoms with Crippen molar-refractivity contribution in [1.29, 1.82) is 0 Å². The topological polar surface area (TPSA) is 56.7 Å². The van der Waals surface area contributed by atoms with Crippen molar-refractivity contribution < 1.29 is 4.42 Å². The first-order chi connectivity index (χ1) is 27.8. The van der Waals surface area contributed by atoms with Crippen molar-refractivity contribution in [3.63, 3.8) is 0 Å². The summed E-state index contributed by atoms with van der Waals surface area (Å²) in [6, 6.07) is 59.0. The van der Waals surface area contributed by atoms with E-state index in [-0.39, 0.29) is 0 Å². The summed E-state index contributed by atoms with van der Waals surface area (Å²) in [5, 5.41) is 3.42. The van der Waals surface area contributed by atoms with Gasteiger partial charge in [0, 0.05) is 38.7 Å². The van der Waals surface area contributed by atoms with Gasteiger partial charge in [0.2, 0.25) is 0 Å². The molecule has 3 heterocycles. The number of aromatic nitrogens is 4. The summed E-state index contributed by atoms with van der Waals surface area (Å²) in [6.45, 7) is 0. The van der Waals surface area contributed by atoms with Crippen LogP contribution in [0.3, 0.4) is 0 Å². The molecule has 0 spiro atoms. The smallest absolute Gasteiger partial charge is 0.166 e. The van der Waals surface area contributed by atoms with Crippen molar-refractivity contribution in [3.05, 3.63) is 187 Å². The Morgan fingerprint density at radius 3 is 1.77 bits per heavy atom. The van der Waals surface area contributed by atoms with Crippen LogP contribution >= 0.6 is 0 Å². The lowest BCUT2D eigenvalue weighted by Crippen LogP contribution is -2.07. The molecule has 0 radical (unpaired) electrons. The fraction of sp³-hybridized carbons (Fsp3) is 0.0392. The Balaban J connectivity index is 1.17. The normalized spacial score (nSPS) is 12.4. The second kappa shape index (κ2) is 13.2. The van der Waals surface area contributed by atoms with E-state index in [1.807, 2.05) is 24.3 Å². The maximum absolute atomic E-state index is 6.66. The molecule has 0 amide bonds. The molecule has 1 aliphatic rings. The van der Waals surface area contributed by atoms with Crippen LogP contribution in [-0.4, -0.2) is 19.5 Å². The third-order valence-corrected chi connectivity index (χ3v) is 11.0. The second-order valence-corrected chi connectivity index (χ2v) is 14.3. The molecule has 1 aliphatic carbocycles. The number of fused-ring (bicyclic) bond motifs is 7. The first-order valence-electron chi connectivity index (χ1n) is 19.1. The lowest BCUT2D eigenvalue weighted by Gasteiger charge is -2.17. The van der Waals surface area contributed by atoms with E-state index in [0.717, 1.165) is 79.4 Å². The summed E-state index contributed by atoms with van der Waals surface area (Å²) >= 11 is 0. The van der Waals surface area contributed by atoms with E-state index in [1.165, 1.54) is 22.2 Å². The summed E-state index contributed by atoms with van der Waals surface area (Å²) in [5.41, 5.74) is 13.8. The molecule has 10 aromatic rings. The van der Waals surface area contributed by atoms with E-state index in [4.69, 9.17) is 19.4 Å². The van der Waals surface area contributed by atoms with Crippen LogP contribution in [0.5, 0.6) is 0 Å². The fourth-order valence-corrected chi connectivity index (χ4v) is 8.37. The summed E-state index contributed by atoms with van der Waals surface area (Å²) in [4.78, 5) is 15.5. The first-order valence-corrected chi connectivity index (χ1v) is 19.1. The molecule has 0 bridgehead atoms. The van der Waals surface area contributed by atoms with Crippen LogP contribution in [0.4, 0.5) is 0 Å². The largest absolute Gasteiger partial charge is 0.456 e. The maximum Gasteiger partial charge on any atom is 0.166 e. The number of furan rings is 1. The summed E-state index contributed by atoms with van der Waals surface area (Å²) in [6.07, 6.45) is 6.45. The van der Waals surface area contributed by atoms with Gasteiger partial charge in [-0.05, 0) is 65.4 Å². The fourth-order valence-electron chi connectivity index (χ4n) is 8.37. The number of hydrogen-bond donors (Lipinski definition) is 0. The molecular weight excluding hydrogens is 685 g/mol. The number of allylic oxidation sites excluding steroid dienone is 1. The SMILES string of the molecule is C1=Cc2c(n(-c3ccccc3-c3nc(-c4ccccc4)nc(-c4ccc(-c5ccccc5)cc4)n3)c3c2ccc2oc4cccc(-c5ccccc5)c4c23)CC1. The maximum atomic E-state index is 6.66. The highest BCUT2D eigenvalue weighted by Gasteiger charge is 2.26. The zero-order valence-corrected chi connectivity index (χ0v) is 30.4. The predicted octanol–water partition coefficient (Wildman–Crippen LogP) is 13.0. The highest BCUT2D eigenvalue weighted by molar-refractivity contribution is 6.23. The zero-order valence-electron chi connectivity index (χ0n) is 30.4. The highest BCUT2D eigenvalue weighted by Crippen LogP contribution is 2.45. The van der Waals surface area contributed by atoms with E-state index in [9.17, 15) is 0 Å². The minimum absolute atomic E-state index is 0.618. The molecule has 0 N–H and O–H groups in total. The Morgan fingerprint density at radius 1 is 0.446 bits per heavy atom. The van der Waals surface area contributed by atoms with Crippen LogP contribution in [0.2, 0.25) is 0 Å². The van der Waals surface area contributed by atoms with Crippen molar-refractivity contribution in [1.82, 2.24) is 19.5 Å². The molecule has 3 aromatic heterocycles. The number of hydrogen-bond acceptors (Lipinski definition) is 4. The van der Waals surface area contributed by atoms with Gasteiger partial charge in [-0.15, -0.1) is 0 Å². The Kier molecular flexibility index (Phi) is 7.56. The third-order valence-electron chi connectivity index (χ3n) is 11.0. The number of benzene rings is 7. The van der Waals surface area contributed by atoms with Crippen LogP contribution in [0.25, 0.3) is 101 Å². The lowest BCUT2D eigenvalue weighted by atomic mass is 9.97. The minimum Gasteiger partial charge on any atom is -0.456 e. The molecule has 0 saturated carbocycles. The van der Waals surface area contributed by atoms with Crippen LogP contribution in [0.1, 0.15) is 17.7 Å². The Labute approximate surface area is 323 Å². The molecule has 7 aromatic carbocycles. The van der Waals surface area contributed by atoms with Crippen molar-refractivity contribution in [2.24, 2.45) is 0 Å². The van der Waals surface area contributed by atoms with Gasteiger partial charge in [0.1, 0.15) is 11.2 Å². The van der Waals surface area contributed by atoms with Crippen LogP contribution in [-0.2, 0) is 6.42 Å². The summed E-state index contributed by atoms with van der Waals surface area (Å²) in [7, 11) is 0. The van der Waals surface area contributed by atoms with E-state index in [0.29, 0.717) is 17.5 Å². The standard InChI is InChI=1S/C51H34N4O/c1-4-15-33(16-5-1)34-27-29-37(30-28-34)50-52-49(36-19-8-3-9-20-36)53-51(54-50)41-22-11-13-25-43(41)55-42-24-12-10-21-39(42)40-31-32-45-47(48(40)55)46-38(23-14-26-44(46)56-45)35-17-6-2-7-18-35/h1-11,13-23,25-32H,12,24H2. The van der Waals surface area contributed by atoms with Crippen LogP contribution in [0, 0.1) is 0 Å². The van der Waals surface area contributed by atoms with Crippen molar-refractivity contribution in [2.45, 2.75) is 12.8 Å². The molecule has 0 unspecified atom stereocenters. The Bertz CT molecular complexity index is 3110. The van der Waals surface area contributed by atoms with Gasteiger partial charge in [-0.2, -0.15) is 0 Å². The average molecular weight is 719 g/mol. The van der Waals surface area contributed by atoms with Gasteiger partial charge >= 0.3 is 0 Å². The molecule has 5 heteroatoms. The quantitative estimate of drug-likeness (QED) is 0.172. The van der Waals surface area contributed by atoms with Gasteiger partial charge in [0.25, 0.3) is 0 Å². The molecule has 0 atom stereocenters. The third kappa shape index (κ3) is 5.28. The van der Waals surface area contributed by atoms with Crippen LogP contribution in [0.15, 0.2) is 180 Å². The zero-order chi connectivity index (χ0) is 37.0. The van der Waals surface area contributed by atoms with Gasteiger partial charge in [0.05, 0.1) is 16.6 Å². The van der Waals surface area contributed by atoms with Gasteiger partial charge in [-0.1, -0.05) is 152 Å². The minimum atomic E-state index is 0.618. The van der Waals surface area contributed by atoms with Gasteiger partial charge in [-0.3, -0.25) is 0 Å². The van der Waals surface area contributed by atoms with E-state index < -0.39 is 0 Å². The van der Waals surface area contributed by atoms with E-state index in [1.54, 1.807) is 0 Å². The van der Waals surface area contributed by atoms with Crippen molar-refractivity contribution in [2.75, 3.05) is 0 Å². The summed E-state index contributed by atoms with van der Waals surface area (Å²) < 4.78 is 9.12. The molecule has 0 saturated heterocycles. The van der Waals surface area contributed by atoms with E-state index in [2.05, 4.69) is 162 Å². The molecule has 0 fully saturated rings. The van der Waals surface area contributed by atoms with Gasteiger partial charge < -0.3 is 8.98 Å². The molecule has 5 nitrogen and oxygen atoms in total. The molecule has 0 aliphatic heterocycles. The number of rotatable bonds is 6. The van der Waals surface area contributed by atoms with Crippen molar-refractivity contribution in [3.8, 4) is 62.1 Å². The molecule has 56 heavy (non-hydrogen) atoms. The van der Waals surface area contributed by atoms with Gasteiger partial charge in [-0.25, -0.2) is 15.0 Å². The Morgan fingerprint density at radius 2 is 1.02 bits per heavy atom. The summed E-state index contributed by atoms with van der Waals surface area (Å²) in [5.74, 6) is 1.87. The molecule has 11 rings (SSSR count). The average Bonchev–Trinajstić information content (AvgIpc) is 3.83. The monoisotopic (exact) mass is 718 g/mol.